The van der Waals surface area contributed by atoms with Gasteiger partial charge >= 0.3 is 0 Å². The lowest BCUT2D eigenvalue weighted by Crippen LogP contribution is -2.00. The average Bonchev–Trinajstić information content (AvgIpc) is 2.77. The molecule has 0 spiro atoms. The Bertz CT molecular complexity index is 542. The number of aromatic nitrogens is 1. The van der Waals surface area contributed by atoms with Crippen LogP contribution in [-0.2, 0) is 17.9 Å². The van der Waals surface area contributed by atoms with Crippen molar-refractivity contribution in [2.75, 3.05) is 25.3 Å². The van der Waals surface area contributed by atoms with Gasteiger partial charge in [-0.1, -0.05) is 24.3 Å². The van der Waals surface area contributed by atoms with Gasteiger partial charge in [-0.15, -0.1) is 0 Å². The van der Waals surface area contributed by atoms with Crippen molar-refractivity contribution in [2.45, 2.75) is 13.2 Å². The van der Waals surface area contributed by atoms with E-state index in [0.29, 0.717) is 24.7 Å². The summed E-state index contributed by atoms with van der Waals surface area (Å²) in [5.41, 5.74) is 8.02. The van der Waals surface area contributed by atoms with Crippen molar-refractivity contribution in [1.82, 2.24) is 4.37 Å². The van der Waals surface area contributed by atoms with Crippen LogP contribution in [0.2, 0.25) is 0 Å². The van der Waals surface area contributed by atoms with Crippen LogP contribution < -0.4 is 15.8 Å². The van der Waals surface area contributed by atoms with E-state index in [2.05, 4.69) is 21.8 Å². The molecule has 0 saturated heterocycles. The van der Waals surface area contributed by atoms with Crippen LogP contribution in [0.3, 0.4) is 0 Å². The molecule has 102 valence electrons. The summed E-state index contributed by atoms with van der Waals surface area (Å²) in [5.74, 6) is 1.03. The van der Waals surface area contributed by atoms with Crippen molar-refractivity contribution in [3.63, 3.8) is 0 Å². The molecule has 2 rings (SSSR count). The maximum Gasteiger partial charge on any atom is 0.197 e. The van der Waals surface area contributed by atoms with Gasteiger partial charge in [-0.05, 0) is 22.7 Å². The van der Waals surface area contributed by atoms with Crippen LogP contribution in [-0.4, -0.2) is 18.6 Å². The molecule has 0 amide bonds. The molecule has 1 heterocycles. The van der Waals surface area contributed by atoms with Crippen LogP contribution in [0.25, 0.3) is 0 Å². The van der Waals surface area contributed by atoms with Gasteiger partial charge in [-0.3, -0.25) is 0 Å². The van der Waals surface area contributed by atoms with E-state index in [1.165, 1.54) is 17.1 Å². The van der Waals surface area contributed by atoms with E-state index in [1.807, 2.05) is 12.1 Å². The topological polar surface area (TPSA) is 69.4 Å². The number of rotatable bonds is 6. The van der Waals surface area contributed by atoms with Crippen molar-refractivity contribution in [3.8, 4) is 5.75 Å². The van der Waals surface area contributed by atoms with E-state index in [-0.39, 0.29) is 0 Å². The van der Waals surface area contributed by atoms with E-state index < -0.39 is 0 Å². The number of hydrogen-bond donors (Lipinski definition) is 2. The summed E-state index contributed by atoms with van der Waals surface area (Å²) in [7, 11) is 3.28. The van der Waals surface area contributed by atoms with Gasteiger partial charge in [0, 0.05) is 13.7 Å². The molecule has 6 heteroatoms. The minimum absolute atomic E-state index is 0.420. The second-order valence-corrected chi connectivity index (χ2v) is 4.81. The Kier molecular flexibility index (Phi) is 4.59. The third-order valence-corrected chi connectivity index (χ3v) is 3.43. The Balaban J connectivity index is 2.03. The summed E-state index contributed by atoms with van der Waals surface area (Å²) < 4.78 is 14.4. The van der Waals surface area contributed by atoms with Crippen LogP contribution in [0.5, 0.6) is 5.75 Å². The molecule has 1 aromatic heterocycles. The zero-order valence-electron chi connectivity index (χ0n) is 11.0. The molecular formula is C13H17N3O2S. The predicted octanol–water partition coefficient (Wildman–Crippen LogP) is 2.49. The highest BCUT2D eigenvalue weighted by Crippen LogP contribution is 2.34. The summed E-state index contributed by atoms with van der Waals surface area (Å²) in [4.78, 5) is 0. The standard InChI is InChI=1S/C13H17N3O2S/c1-17-8-10-5-3-4-9(6-10)7-15-13-11(18-2)12(14)16-19-13/h3-6,15H,7-8H2,1-2H3,(H2,14,16). The van der Waals surface area contributed by atoms with Crippen LogP contribution >= 0.6 is 11.5 Å². The number of ether oxygens (including phenoxy) is 2. The summed E-state index contributed by atoms with van der Waals surface area (Å²) in [5, 5.41) is 4.13. The van der Waals surface area contributed by atoms with E-state index in [0.717, 1.165) is 10.6 Å². The first-order valence-electron chi connectivity index (χ1n) is 5.84. The Labute approximate surface area is 116 Å². The first-order valence-corrected chi connectivity index (χ1v) is 6.61. The molecule has 0 radical (unpaired) electrons. The third kappa shape index (κ3) is 3.36. The molecule has 1 aromatic carbocycles. The molecule has 0 bridgehead atoms. The zero-order chi connectivity index (χ0) is 13.7. The number of hydrogen-bond acceptors (Lipinski definition) is 6. The summed E-state index contributed by atoms with van der Waals surface area (Å²) in [6.45, 7) is 1.31. The van der Waals surface area contributed by atoms with E-state index >= 15 is 0 Å². The number of benzene rings is 1. The van der Waals surface area contributed by atoms with Crippen molar-refractivity contribution in [2.24, 2.45) is 0 Å². The maximum absolute atomic E-state index is 5.70. The molecule has 0 atom stereocenters. The number of nitrogens with zero attached hydrogens (tertiary/aromatic N) is 1. The summed E-state index contributed by atoms with van der Waals surface area (Å²) >= 11 is 1.30. The highest BCUT2D eigenvalue weighted by atomic mass is 32.1. The zero-order valence-corrected chi connectivity index (χ0v) is 11.8. The molecule has 0 aliphatic heterocycles. The van der Waals surface area contributed by atoms with Gasteiger partial charge in [0.25, 0.3) is 0 Å². The minimum Gasteiger partial charge on any atom is -0.490 e. The van der Waals surface area contributed by atoms with Crippen LogP contribution in [0.1, 0.15) is 11.1 Å². The lowest BCUT2D eigenvalue weighted by molar-refractivity contribution is 0.185. The molecule has 0 saturated carbocycles. The van der Waals surface area contributed by atoms with Gasteiger partial charge < -0.3 is 20.5 Å². The minimum atomic E-state index is 0.420. The van der Waals surface area contributed by atoms with Gasteiger partial charge in [-0.25, -0.2) is 0 Å². The fourth-order valence-corrected chi connectivity index (χ4v) is 2.46. The largest absolute Gasteiger partial charge is 0.490 e. The van der Waals surface area contributed by atoms with Crippen LogP contribution in [0.15, 0.2) is 24.3 Å². The maximum atomic E-state index is 5.70. The quantitative estimate of drug-likeness (QED) is 0.850. The van der Waals surface area contributed by atoms with E-state index in [4.69, 9.17) is 15.2 Å². The van der Waals surface area contributed by atoms with Gasteiger partial charge in [0.1, 0.15) is 0 Å². The number of methoxy groups -OCH3 is 2. The molecule has 5 nitrogen and oxygen atoms in total. The summed E-state index contributed by atoms with van der Waals surface area (Å²) in [6, 6.07) is 8.22. The molecule has 0 aliphatic rings. The Morgan fingerprint density at radius 2 is 2.11 bits per heavy atom. The van der Waals surface area contributed by atoms with Crippen LogP contribution in [0.4, 0.5) is 10.8 Å². The number of anilines is 2. The molecule has 0 fully saturated rings. The first kappa shape index (κ1) is 13.6. The fourth-order valence-electron chi connectivity index (χ4n) is 1.78. The fraction of sp³-hybridized carbons (Fsp3) is 0.308. The smallest absolute Gasteiger partial charge is 0.197 e. The van der Waals surface area contributed by atoms with Crippen LogP contribution in [0, 0.1) is 0 Å². The Morgan fingerprint density at radius 1 is 1.32 bits per heavy atom. The lowest BCUT2D eigenvalue weighted by Gasteiger charge is -2.07. The van der Waals surface area contributed by atoms with Crippen molar-refractivity contribution < 1.29 is 9.47 Å². The predicted molar refractivity (Wildman–Crippen MR) is 77.6 cm³/mol. The second kappa shape index (κ2) is 6.40. The van der Waals surface area contributed by atoms with Gasteiger partial charge in [-0.2, -0.15) is 4.37 Å². The number of nitrogen functional groups attached to an aromatic ring is 1. The van der Waals surface area contributed by atoms with Crippen molar-refractivity contribution in [1.29, 1.82) is 0 Å². The monoisotopic (exact) mass is 279 g/mol. The second-order valence-electron chi connectivity index (χ2n) is 4.04. The van der Waals surface area contributed by atoms with E-state index in [1.54, 1.807) is 14.2 Å². The van der Waals surface area contributed by atoms with Gasteiger partial charge in [0.2, 0.25) is 0 Å². The molecule has 2 aromatic rings. The SMILES string of the molecule is COCc1cccc(CNc2snc(N)c2OC)c1. The molecule has 0 aliphatic carbocycles. The summed E-state index contributed by atoms with van der Waals surface area (Å²) in [6.07, 6.45) is 0. The highest BCUT2D eigenvalue weighted by Gasteiger charge is 2.11. The molecule has 19 heavy (non-hydrogen) atoms. The Hall–Kier alpha value is -1.79. The molecular weight excluding hydrogens is 262 g/mol. The lowest BCUT2D eigenvalue weighted by atomic mass is 10.1. The van der Waals surface area contributed by atoms with E-state index in [9.17, 15) is 0 Å². The Morgan fingerprint density at radius 3 is 2.84 bits per heavy atom. The molecule has 3 N–H and O–H groups in total. The third-order valence-electron chi connectivity index (χ3n) is 2.63. The highest BCUT2D eigenvalue weighted by molar-refractivity contribution is 7.11. The average molecular weight is 279 g/mol. The molecule has 0 unspecified atom stereocenters. The normalized spacial score (nSPS) is 10.4. The van der Waals surface area contributed by atoms with Crippen molar-refractivity contribution >= 4 is 22.4 Å². The van der Waals surface area contributed by atoms with Crippen molar-refractivity contribution in [3.05, 3.63) is 35.4 Å². The van der Waals surface area contributed by atoms with Gasteiger partial charge in [0.05, 0.1) is 13.7 Å². The number of nitrogens with one attached hydrogen (secondary N) is 1. The first-order chi connectivity index (χ1) is 9.24. The van der Waals surface area contributed by atoms with Gasteiger partial charge in [0.15, 0.2) is 16.6 Å². The number of nitrogens with two attached hydrogens (primary N) is 1.